The minimum Gasteiger partial charge on any atom is -0.0622 e. The summed E-state index contributed by atoms with van der Waals surface area (Å²) in [5, 5.41) is 2.16. The van der Waals surface area contributed by atoms with Gasteiger partial charge in [-0.05, 0) is 6.92 Å². The molecule has 0 atom stereocenters. The fourth-order valence-electron chi connectivity index (χ4n) is 6.42. The van der Waals surface area contributed by atoms with Crippen LogP contribution in [0.1, 0.15) is 121 Å². The first-order valence-corrected chi connectivity index (χ1v) is 23.7. The van der Waals surface area contributed by atoms with Crippen molar-refractivity contribution in [2.75, 3.05) is 3.86 Å². The standard InChI is InChI=1S/C41H51GeN2OPS.C7H8/c1-28(2)36-23-17-24-37(29(3)4)40(36)43-32(9)27-33(10)44(41-38(30(5)6)25-18-26-39(41)31(7)8)42-45-46(47,34-19-13-11-14-20-34)35-21-15-12-16-22-35;1-7-5-3-2-4-6-7/h11-31H,1-10H3;2-6H,1H3/b33-27-,43-32?;. The Labute approximate surface area is 339 Å². The van der Waals surface area contributed by atoms with Crippen LogP contribution in [0.25, 0.3) is 0 Å². The third-order valence-corrected chi connectivity index (χ3v) is 17.8. The van der Waals surface area contributed by atoms with Crippen LogP contribution in [0.3, 0.4) is 0 Å². The Balaban J connectivity index is 0.000000831. The van der Waals surface area contributed by atoms with E-state index in [1.165, 1.54) is 33.5 Å². The molecule has 0 aliphatic rings. The van der Waals surface area contributed by atoms with Crippen LogP contribution in [0.15, 0.2) is 144 Å². The SMILES string of the molecule is CC(/C=C(/C)[N]([Ge][O]P(=S)(c1ccccc1)c1ccccc1)c1c(C(C)C)cccc1C(C)C)=Nc1c(C(C)C)cccc1C(C)C.Cc1ccccc1. The molecule has 0 N–H and O–H groups in total. The van der Waals surface area contributed by atoms with E-state index in [4.69, 9.17) is 20.3 Å². The van der Waals surface area contributed by atoms with Crippen LogP contribution in [-0.2, 0) is 15.4 Å². The normalized spacial score (nSPS) is 12.4. The molecule has 5 aromatic rings. The topological polar surface area (TPSA) is 24.8 Å². The van der Waals surface area contributed by atoms with Crippen molar-refractivity contribution in [3.63, 3.8) is 0 Å². The zero-order valence-corrected chi connectivity index (χ0v) is 38.0. The van der Waals surface area contributed by atoms with Gasteiger partial charge >= 0.3 is 298 Å². The molecule has 3 nitrogen and oxygen atoms in total. The van der Waals surface area contributed by atoms with Crippen molar-refractivity contribution in [1.29, 1.82) is 0 Å². The molecular weight excluding hydrogens is 756 g/mol. The molecule has 0 fully saturated rings. The van der Waals surface area contributed by atoms with Crippen LogP contribution >= 0.6 is 6.26 Å². The van der Waals surface area contributed by atoms with E-state index in [1.807, 2.05) is 30.3 Å². The van der Waals surface area contributed by atoms with E-state index < -0.39 is 22.3 Å². The molecule has 5 rings (SSSR count). The van der Waals surface area contributed by atoms with Crippen LogP contribution in [0, 0.1) is 6.92 Å². The number of rotatable bonds is 13. The van der Waals surface area contributed by atoms with Crippen molar-refractivity contribution >= 4 is 61.8 Å². The van der Waals surface area contributed by atoms with Gasteiger partial charge in [-0.15, -0.1) is 0 Å². The summed E-state index contributed by atoms with van der Waals surface area (Å²) in [5.74, 6) is 1.46. The molecule has 2 radical (unpaired) electrons. The van der Waals surface area contributed by atoms with E-state index in [1.54, 1.807) is 0 Å². The van der Waals surface area contributed by atoms with Crippen LogP contribution in [0.5, 0.6) is 0 Å². The third kappa shape index (κ3) is 11.3. The molecule has 5 aromatic carbocycles. The number of aliphatic imine (C=N–C) groups is 1. The van der Waals surface area contributed by atoms with Gasteiger partial charge in [-0.2, -0.15) is 0 Å². The molecule has 0 aliphatic heterocycles. The molecule has 0 amide bonds. The molecule has 0 unspecified atom stereocenters. The Morgan fingerprint density at radius 1 is 0.593 bits per heavy atom. The van der Waals surface area contributed by atoms with Crippen LogP contribution in [0.4, 0.5) is 11.4 Å². The fraction of sp³-hybridized carbons (Fsp3) is 0.312. The molecule has 0 aromatic heterocycles. The molecule has 6 heteroatoms. The number of benzene rings is 5. The smallest absolute Gasteiger partial charge is 0.0398 e. The molecule has 0 saturated carbocycles. The predicted octanol–water partition coefficient (Wildman–Crippen LogP) is 13.3. The number of hydrogen-bond donors (Lipinski definition) is 0. The number of allylic oxidation sites excluding steroid dienone is 2. The first-order valence-electron chi connectivity index (χ1n) is 19.2. The van der Waals surface area contributed by atoms with E-state index in [9.17, 15) is 0 Å². The summed E-state index contributed by atoms with van der Waals surface area (Å²) < 4.78 is 9.67. The van der Waals surface area contributed by atoms with Gasteiger partial charge in [0, 0.05) is 0 Å². The summed E-state index contributed by atoms with van der Waals surface area (Å²) in [4.78, 5) is 5.31. The molecule has 0 saturated heterocycles. The minimum absolute atomic E-state index is 0.346. The first kappa shape index (κ1) is 43.2. The number of nitrogens with zero attached hydrogens (tertiary/aromatic N) is 2. The Bertz CT molecular complexity index is 1940. The van der Waals surface area contributed by atoms with Crippen molar-refractivity contribution < 1.29 is 3.55 Å². The van der Waals surface area contributed by atoms with Gasteiger partial charge in [-0.3, -0.25) is 0 Å². The van der Waals surface area contributed by atoms with Gasteiger partial charge < -0.3 is 0 Å². The number of hydrogen-bond acceptors (Lipinski definition) is 4. The Kier molecular flexibility index (Phi) is 16.3. The Morgan fingerprint density at radius 3 is 1.35 bits per heavy atom. The maximum Gasteiger partial charge on any atom is -0.0398 e. The average Bonchev–Trinajstić information content (AvgIpc) is 3.15. The first-order chi connectivity index (χ1) is 25.7. The summed E-state index contributed by atoms with van der Waals surface area (Å²) >= 11 is 5.32. The van der Waals surface area contributed by atoms with Gasteiger partial charge in [0.25, 0.3) is 0 Å². The van der Waals surface area contributed by atoms with E-state index in [0.29, 0.717) is 23.7 Å². The summed E-state index contributed by atoms with van der Waals surface area (Å²) in [6.07, 6.45) is -0.310. The molecule has 0 bridgehead atoms. The molecule has 0 spiro atoms. The summed E-state index contributed by atoms with van der Waals surface area (Å²) in [5.41, 5.74) is 11.0. The van der Waals surface area contributed by atoms with Gasteiger partial charge in [0.05, 0.1) is 0 Å². The second kappa shape index (κ2) is 20.4. The van der Waals surface area contributed by atoms with Gasteiger partial charge in [-0.25, -0.2) is 0 Å². The average molecular weight is 816 g/mol. The Hall–Kier alpha value is -3.54. The predicted molar refractivity (Wildman–Crippen MR) is 243 cm³/mol. The van der Waals surface area contributed by atoms with Crippen LogP contribution < -0.4 is 14.5 Å². The fourth-order valence-corrected chi connectivity index (χ4v) is 13.2. The van der Waals surface area contributed by atoms with Gasteiger partial charge in [0.2, 0.25) is 0 Å². The van der Waals surface area contributed by atoms with Crippen molar-refractivity contribution in [3.05, 3.63) is 167 Å². The van der Waals surface area contributed by atoms with E-state index in [-0.39, 0.29) is 0 Å². The second-order valence-corrected chi connectivity index (χ2v) is 21.5. The zero-order valence-electron chi connectivity index (χ0n) is 34.2. The maximum atomic E-state index is 7.21. The summed E-state index contributed by atoms with van der Waals surface area (Å²) in [6.45, 7) is 24.5. The molecule has 54 heavy (non-hydrogen) atoms. The summed E-state index contributed by atoms with van der Waals surface area (Å²) in [7, 11) is 0. The largest absolute Gasteiger partial charge is 0.0622 e. The quantitative estimate of drug-likeness (QED) is 0.0672. The monoisotopic (exact) mass is 816 g/mol. The number of aryl methyl sites for hydroxylation is 1. The van der Waals surface area contributed by atoms with E-state index in [0.717, 1.165) is 27.7 Å². The van der Waals surface area contributed by atoms with Crippen molar-refractivity contribution in [1.82, 2.24) is 0 Å². The number of anilines is 1. The van der Waals surface area contributed by atoms with Gasteiger partial charge in [0.1, 0.15) is 0 Å². The molecular formula is C48H59GeN2OPS. The molecule has 0 aliphatic carbocycles. The maximum absolute atomic E-state index is 7.21. The molecule has 0 heterocycles. The Morgan fingerprint density at radius 2 is 0.981 bits per heavy atom. The molecule has 282 valence electrons. The van der Waals surface area contributed by atoms with Gasteiger partial charge in [0.15, 0.2) is 0 Å². The van der Waals surface area contributed by atoms with Crippen molar-refractivity contribution in [3.8, 4) is 0 Å². The third-order valence-electron chi connectivity index (χ3n) is 9.36. The van der Waals surface area contributed by atoms with Gasteiger partial charge in [-0.1, -0.05) is 35.9 Å². The van der Waals surface area contributed by atoms with Crippen molar-refractivity contribution in [2.45, 2.75) is 99.8 Å². The summed E-state index contributed by atoms with van der Waals surface area (Å²) in [6, 6.07) is 44.5. The minimum atomic E-state index is -2.55. The van der Waals surface area contributed by atoms with E-state index in [2.05, 4.69) is 183 Å². The zero-order chi connectivity index (χ0) is 39.4. The van der Waals surface area contributed by atoms with E-state index >= 15 is 0 Å². The number of para-hydroxylation sites is 2. The van der Waals surface area contributed by atoms with Crippen molar-refractivity contribution in [2.24, 2.45) is 4.99 Å². The van der Waals surface area contributed by atoms with Crippen LogP contribution in [-0.4, -0.2) is 21.7 Å². The second-order valence-electron chi connectivity index (χ2n) is 15.1. The van der Waals surface area contributed by atoms with Crippen LogP contribution in [0.2, 0.25) is 0 Å².